The van der Waals surface area contributed by atoms with Crippen molar-refractivity contribution in [3.05, 3.63) is 0 Å². The summed E-state index contributed by atoms with van der Waals surface area (Å²) in [5.41, 5.74) is 0. The number of hydrogen-bond acceptors (Lipinski definition) is 3. The standard InChI is InChI=1S/C14H31N3O2S.HI/c1-5-6-7-8-10-13(2)17-14(15-3)16-11-9-12-20(4,18)19;/h13H,5-12H2,1-4H3,(H2,15,16,17);1H. The second-order valence-corrected chi connectivity index (χ2v) is 7.64. The smallest absolute Gasteiger partial charge is 0.191 e. The number of nitrogens with zero attached hydrogens (tertiary/aromatic N) is 1. The van der Waals surface area contributed by atoms with Crippen LogP contribution >= 0.6 is 24.0 Å². The van der Waals surface area contributed by atoms with Crippen LogP contribution in [0.3, 0.4) is 0 Å². The van der Waals surface area contributed by atoms with Crippen molar-refractivity contribution in [3.8, 4) is 0 Å². The van der Waals surface area contributed by atoms with Gasteiger partial charge in [-0.2, -0.15) is 0 Å². The van der Waals surface area contributed by atoms with Crippen molar-refractivity contribution in [2.75, 3.05) is 25.6 Å². The van der Waals surface area contributed by atoms with Gasteiger partial charge in [0.1, 0.15) is 9.84 Å². The zero-order valence-corrected chi connectivity index (χ0v) is 17.0. The summed E-state index contributed by atoms with van der Waals surface area (Å²) in [6.45, 7) is 4.98. The van der Waals surface area contributed by atoms with E-state index in [4.69, 9.17) is 0 Å². The molecule has 0 radical (unpaired) electrons. The van der Waals surface area contributed by atoms with E-state index in [1.54, 1.807) is 7.05 Å². The molecule has 1 atom stereocenters. The molecule has 7 heteroatoms. The van der Waals surface area contributed by atoms with Crippen LogP contribution in [0, 0.1) is 0 Å². The average Bonchev–Trinajstić information content (AvgIpc) is 2.37. The highest BCUT2D eigenvalue weighted by Gasteiger charge is 2.05. The van der Waals surface area contributed by atoms with Crippen LogP contribution in [0.25, 0.3) is 0 Å². The third-order valence-electron chi connectivity index (χ3n) is 3.08. The normalized spacial score (nSPS) is 13.4. The first-order valence-electron chi connectivity index (χ1n) is 7.54. The lowest BCUT2D eigenvalue weighted by Crippen LogP contribution is -2.42. The fourth-order valence-corrected chi connectivity index (χ4v) is 2.59. The summed E-state index contributed by atoms with van der Waals surface area (Å²) >= 11 is 0. The molecule has 0 rings (SSSR count). The first-order chi connectivity index (χ1) is 9.39. The van der Waals surface area contributed by atoms with Gasteiger partial charge < -0.3 is 10.6 Å². The molecule has 2 N–H and O–H groups in total. The Kier molecular flexibility index (Phi) is 15.0. The molecular formula is C14H32IN3O2S. The van der Waals surface area contributed by atoms with Gasteiger partial charge in [0, 0.05) is 25.9 Å². The van der Waals surface area contributed by atoms with Crippen LogP contribution in [0.1, 0.15) is 52.4 Å². The molecule has 0 amide bonds. The lowest BCUT2D eigenvalue weighted by molar-refractivity contribution is 0.537. The fourth-order valence-electron chi connectivity index (χ4n) is 1.92. The Morgan fingerprint density at radius 1 is 1.19 bits per heavy atom. The van der Waals surface area contributed by atoms with Gasteiger partial charge in [-0.15, -0.1) is 24.0 Å². The van der Waals surface area contributed by atoms with E-state index < -0.39 is 9.84 Å². The Hall–Kier alpha value is -0.0500. The molecule has 0 aliphatic carbocycles. The maximum Gasteiger partial charge on any atom is 0.191 e. The minimum absolute atomic E-state index is 0. The minimum atomic E-state index is -2.87. The van der Waals surface area contributed by atoms with Gasteiger partial charge in [0.05, 0.1) is 5.75 Å². The zero-order chi connectivity index (χ0) is 15.4. The lowest BCUT2D eigenvalue weighted by atomic mass is 10.1. The molecule has 0 aliphatic heterocycles. The maximum atomic E-state index is 11.0. The molecule has 0 fully saturated rings. The second kappa shape index (κ2) is 13.6. The van der Waals surface area contributed by atoms with Gasteiger partial charge in [0.15, 0.2) is 5.96 Å². The van der Waals surface area contributed by atoms with Gasteiger partial charge in [0.25, 0.3) is 0 Å². The number of nitrogens with one attached hydrogen (secondary N) is 2. The zero-order valence-electron chi connectivity index (χ0n) is 13.8. The molecule has 128 valence electrons. The molecule has 0 aromatic rings. The van der Waals surface area contributed by atoms with E-state index in [1.165, 1.54) is 31.9 Å². The predicted octanol–water partition coefficient (Wildman–Crippen LogP) is 2.56. The molecule has 0 aromatic carbocycles. The molecule has 0 saturated heterocycles. The molecule has 0 saturated carbocycles. The Morgan fingerprint density at radius 2 is 1.86 bits per heavy atom. The van der Waals surface area contributed by atoms with Gasteiger partial charge in [0.2, 0.25) is 0 Å². The van der Waals surface area contributed by atoms with Crippen LogP contribution in [0.2, 0.25) is 0 Å². The number of halogens is 1. The van der Waals surface area contributed by atoms with Crippen molar-refractivity contribution < 1.29 is 8.42 Å². The Balaban J connectivity index is 0. The molecule has 0 aromatic heterocycles. The molecule has 1 unspecified atom stereocenters. The van der Waals surface area contributed by atoms with Crippen molar-refractivity contribution in [3.63, 3.8) is 0 Å². The van der Waals surface area contributed by atoms with E-state index in [9.17, 15) is 8.42 Å². The number of hydrogen-bond donors (Lipinski definition) is 2. The topological polar surface area (TPSA) is 70.6 Å². The SMILES string of the molecule is CCCCCCC(C)NC(=NC)NCCCS(C)(=O)=O.I. The summed E-state index contributed by atoms with van der Waals surface area (Å²) in [7, 11) is -1.14. The monoisotopic (exact) mass is 433 g/mol. The highest BCUT2D eigenvalue weighted by atomic mass is 127. The van der Waals surface area contributed by atoms with Crippen LogP contribution in [0.15, 0.2) is 4.99 Å². The molecule has 0 aliphatic rings. The van der Waals surface area contributed by atoms with Crippen molar-refractivity contribution in [1.82, 2.24) is 10.6 Å². The number of unbranched alkanes of at least 4 members (excludes halogenated alkanes) is 3. The highest BCUT2D eigenvalue weighted by Crippen LogP contribution is 2.05. The van der Waals surface area contributed by atoms with Crippen LogP contribution in [-0.4, -0.2) is 46.0 Å². The molecule has 0 bridgehead atoms. The van der Waals surface area contributed by atoms with Gasteiger partial charge >= 0.3 is 0 Å². The third kappa shape index (κ3) is 16.2. The minimum Gasteiger partial charge on any atom is -0.356 e. The predicted molar refractivity (Wildman–Crippen MR) is 102 cm³/mol. The van der Waals surface area contributed by atoms with E-state index in [1.807, 2.05) is 0 Å². The van der Waals surface area contributed by atoms with Crippen molar-refractivity contribution >= 4 is 39.8 Å². The summed E-state index contributed by atoms with van der Waals surface area (Å²) in [6.07, 6.45) is 8.06. The number of guanidine groups is 1. The quantitative estimate of drug-likeness (QED) is 0.241. The number of sulfone groups is 1. The Morgan fingerprint density at radius 3 is 2.38 bits per heavy atom. The molecule has 0 spiro atoms. The van der Waals surface area contributed by atoms with E-state index in [0.29, 0.717) is 19.0 Å². The van der Waals surface area contributed by atoms with Gasteiger partial charge in [-0.05, 0) is 19.8 Å². The maximum absolute atomic E-state index is 11.0. The largest absolute Gasteiger partial charge is 0.356 e. The first kappa shape index (κ1) is 23.2. The van der Waals surface area contributed by atoms with E-state index in [2.05, 4.69) is 29.5 Å². The van der Waals surface area contributed by atoms with Gasteiger partial charge in [-0.1, -0.05) is 32.6 Å². The highest BCUT2D eigenvalue weighted by molar-refractivity contribution is 14.0. The van der Waals surface area contributed by atoms with Crippen LogP contribution in [-0.2, 0) is 9.84 Å². The summed E-state index contributed by atoms with van der Waals surface area (Å²) in [6, 6.07) is 0.382. The molecule has 21 heavy (non-hydrogen) atoms. The average molecular weight is 433 g/mol. The van der Waals surface area contributed by atoms with Crippen molar-refractivity contribution in [1.29, 1.82) is 0 Å². The summed E-state index contributed by atoms with van der Waals surface area (Å²) in [5, 5.41) is 6.48. The van der Waals surface area contributed by atoms with Crippen molar-refractivity contribution in [2.45, 2.75) is 58.4 Å². The van der Waals surface area contributed by atoms with Crippen LogP contribution in [0.4, 0.5) is 0 Å². The van der Waals surface area contributed by atoms with Crippen LogP contribution in [0.5, 0.6) is 0 Å². The van der Waals surface area contributed by atoms with Gasteiger partial charge in [-0.3, -0.25) is 4.99 Å². The number of rotatable bonds is 10. The lowest BCUT2D eigenvalue weighted by Gasteiger charge is -2.17. The molecule has 0 heterocycles. The van der Waals surface area contributed by atoms with Gasteiger partial charge in [-0.25, -0.2) is 8.42 Å². The van der Waals surface area contributed by atoms with Crippen molar-refractivity contribution in [2.24, 2.45) is 4.99 Å². The van der Waals surface area contributed by atoms with E-state index in [0.717, 1.165) is 12.4 Å². The Labute approximate surface area is 147 Å². The molecular weight excluding hydrogens is 401 g/mol. The van der Waals surface area contributed by atoms with E-state index >= 15 is 0 Å². The van der Waals surface area contributed by atoms with Crippen LogP contribution < -0.4 is 10.6 Å². The van der Waals surface area contributed by atoms with E-state index in [-0.39, 0.29) is 29.7 Å². The third-order valence-corrected chi connectivity index (χ3v) is 4.11. The summed E-state index contributed by atoms with van der Waals surface area (Å²) < 4.78 is 22.0. The Bertz CT molecular complexity index is 372. The second-order valence-electron chi connectivity index (χ2n) is 5.38. The summed E-state index contributed by atoms with van der Waals surface area (Å²) in [5.74, 6) is 0.963. The number of aliphatic imine (C=N–C) groups is 1. The first-order valence-corrected chi connectivity index (χ1v) is 9.60. The fraction of sp³-hybridized carbons (Fsp3) is 0.929. The summed E-state index contributed by atoms with van der Waals surface area (Å²) in [4.78, 5) is 4.15. The molecule has 5 nitrogen and oxygen atoms in total.